The normalized spacial score (nSPS) is 27.1. The summed E-state index contributed by atoms with van der Waals surface area (Å²) >= 11 is 0. The lowest BCUT2D eigenvalue weighted by Crippen LogP contribution is -2.30. The molecule has 0 saturated carbocycles. The number of nitrogens with one attached hydrogen (secondary N) is 2. The Labute approximate surface area is 85.7 Å². The molecule has 2 unspecified atom stereocenters. The van der Waals surface area contributed by atoms with Crippen LogP contribution in [0.4, 0.5) is 0 Å². The molecule has 0 spiro atoms. The Morgan fingerprint density at radius 3 is 2.50 bits per heavy atom. The fourth-order valence-corrected chi connectivity index (χ4v) is 1.86. The Morgan fingerprint density at radius 2 is 1.93 bits per heavy atom. The van der Waals surface area contributed by atoms with E-state index >= 15 is 0 Å². The van der Waals surface area contributed by atoms with E-state index in [2.05, 4.69) is 54.8 Å². The Balaban J connectivity index is 2.03. The third-order valence-corrected chi connectivity index (χ3v) is 2.86. The van der Waals surface area contributed by atoms with E-state index in [0.29, 0.717) is 18.1 Å². The van der Waals surface area contributed by atoms with Crippen molar-refractivity contribution in [3.8, 4) is 0 Å². The topological polar surface area (TPSA) is 24.1 Å². The summed E-state index contributed by atoms with van der Waals surface area (Å²) < 4.78 is 0. The first-order valence-corrected chi connectivity index (χ1v) is 5.32. The lowest BCUT2D eigenvalue weighted by atomic mass is 10.1. The molecule has 1 heterocycles. The smallest absolute Gasteiger partial charge is 0.0838 e. The van der Waals surface area contributed by atoms with Gasteiger partial charge in [0.05, 0.1) is 6.17 Å². The fraction of sp³-hybridized carbons (Fsp3) is 0.500. The van der Waals surface area contributed by atoms with Crippen LogP contribution in [0.25, 0.3) is 0 Å². The van der Waals surface area contributed by atoms with Crippen LogP contribution >= 0.6 is 0 Å². The zero-order valence-corrected chi connectivity index (χ0v) is 8.83. The monoisotopic (exact) mass is 190 g/mol. The maximum absolute atomic E-state index is 3.60. The maximum atomic E-state index is 3.60. The van der Waals surface area contributed by atoms with Gasteiger partial charge in [-0.1, -0.05) is 44.2 Å². The van der Waals surface area contributed by atoms with Crippen molar-refractivity contribution in [1.82, 2.24) is 10.6 Å². The van der Waals surface area contributed by atoms with Gasteiger partial charge in [0.1, 0.15) is 0 Å². The number of hydrogen-bond acceptors (Lipinski definition) is 2. The zero-order valence-electron chi connectivity index (χ0n) is 8.83. The second-order valence-corrected chi connectivity index (χ2v) is 4.27. The summed E-state index contributed by atoms with van der Waals surface area (Å²) in [4.78, 5) is 0. The summed E-state index contributed by atoms with van der Waals surface area (Å²) in [7, 11) is 0. The quantitative estimate of drug-likeness (QED) is 0.744. The van der Waals surface area contributed by atoms with Gasteiger partial charge in [-0.2, -0.15) is 0 Å². The first-order valence-electron chi connectivity index (χ1n) is 5.32. The second kappa shape index (κ2) is 4.11. The van der Waals surface area contributed by atoms with Crippen LogP contribution in [0.5, 0.6) is 0 Å². The Hall–Kier alpha value is -0.860. The van der Waals surface area contributed by atoms with Crippen LogP contribution in [0.2, 0.25) is 0 Å². The molecule has 0 bridgehead atoms. The van der Waals surface area contributed by atoms with Gasteiger partial charge in [-0.3, -0.25) is 10.6 Å². The van der Waals surface area contributed by atoms with E-state index in [0.717, 1.165) is 6.54 Å². The Bertz CT molecular complexity index is 282. The molecule has 0 aliphatic carbocycles. The average molecular weight is 190 g/mol. The van der Waals surface area contributed by atoms with Crippen molar-refractivity contribution in [3.05, 3.63) is 35.9 Å². The highest BCUT2D eigenvalue weighted by Gasteiger charge is 2.25. The van der Waals surface area contributed by atoms with E-state index < -0.39 is 0 Å². The predicted octanol–water partition coefficient (Wildman–Crippen LogP) is 1.90. The fourth-order valence-electron chi connectivity index (χ4n) is 1.86. The van der Waals surface area contributed by atoms with Crippen molar-refractivity contribution >= 4 is 0 Å². The summed E-state index contributed by atoms with van der Waals surface area (Å²) in [5.41, 5.74) is 1.33. The molecule has 0 radical (unpaired) electrons. The lowest BCUT2D eigenvalue weighted by molar-refractivity contribution is 0.445. The minimum atomic E-state index is 0.337. The first-order chi connectivity index (χ1) is 6.77. The third-order valence-electron chi connectivity index (χ3n) is 2.86. The van der Waals surface area contributed by atoms with Gasteiger partial charge in [-0.15, -0.1) is 0 Å². The van der Waals surface area contributed by atoms with Crippen LogP contribution in [0, 0.1) is 5.92 Å². The van der Waals surface area contributed by atoms with Crippen LogP contribution in [0.15, 0.2) is 30.3 Å². The highest BCUT2D eigenvalue weighted by atomic mass is 15.2. The van der Waals surface area contributed by atoms with Crippen molar-refractivity contribution < 1.29 is 0 Å². The van der Waals surface area contributed by atoms with E-state index in [1.54, 1.807) is 0 Å². The lowest BCUT2D eigenvalue weighted by Gasteiger charge is -2.16. The van der Waals surface area contributed by atoms with Crippen molar-refractivity contribution in [2.75, 3.05) is 6.54 Å². The van der Waals surface area contributed by atoms with E-state index in [1.807, 2.05) is 0 Å². The highest BCUT2D eigenvalue weighted by molar-refractivity contribution is 5.19. The van der Waals surface area contributed by atoms with Gasteiger partial charge < -0.3 is 0 Å². The molecule has 14 heavy (non-hydrogen) atoms. The predicted molar refractivity (Wildman–Crippen MR) is 58.9 cm³/mol. The molecule has 1 aromatic carbocycles. The summed E-state index contributed by atoms with van der Waals surface area (Å²) in [5.74, 6) is 0.691. The first kappa shape index (κ1) is 9.69. The molecule has 2 atom stereocenters. The average Bonchev–Trinajstić information content (AvgIpc) is 2.68. The maximum Gasteiger partial charge on any atom is 0.0838 e. The molecule has 76 valence electrons. The summed E-state index contributed by atoms with van der Waals surface area (Å²) in [5, 5.41) is 7.09. The molecule has 1 aliphatic rings. The number of rotatable bonds is 2. The zero-order chi connectivity index (χ0) is 9.97. The highest BCUT2D eigenvalue weighted by Crippen LogP contribution is 2.17. The summed E-state index contributed by atoms with van der Waals surface area (Å²) in [6, 6.07) is 11.1. The molecule has 2 rings (SSSR count). The molecular weight excluding hydrogens is 172 g/mol. The SMILES string of the molecule is CC(C)C1CNC(c2ccccc2)N1. The minimum absolute atomic E-state index is 0.337. The molecule has 1 fully saturated rings. The molecule has 1 saturated heterocycles. The molecule has 2 nitrogen and oxygen atoms in total. The van der Waals surface area contributed by atoms with Crippen molar-refractivity contribution in [3.63, 3.8) is 0 Å². The third kappa shape index (κ3) is 1.97. The van der Waals surface area contributed by atoms with Gasteiger partial charge in [-0.25, -0.2) is 0 Å². The van der Waals surface area contributed by atoms with Gasteiger partial charge >= 0.3 is 0 Å². The number of benzene rings is 1. The second-order valence-electron chi connectivity index (χ2n) is 4.27. The van der Waals surface area contributed by atoms with Gasteiger partial charge in [0.2, 0.25) is 0 Å². The van der Waals surface area contributed by atoms with Gasteiger partial charge in [0, 0.05) is 12.6 Å². The molecule has 0 amide bonds. The van der Waals surface area contributed by atoms with Gasteiger partial charge in [0.15, 0.2) is 0 Å². The van der Waals surface area contributed by atoms with Gasteiger partial charge in [-0.05, 0) is 11.5 Å². The van der Waals surface area contributed by atoms with Crippen LogP contribution in [-0.4, -0.2) is 12.6 Å². The van der Waals surface area contributed by atoms with Crippen LogP contribution in [-0.2, 0) is 0 Å². The molecule has 0 aromatic heterocycles. The molecule has 1 aromatic rings. The van der Waals surface area contributed by atoms with E-state index in [-0.39, 0.29) is 0 Å². The Morgan fingerprint density at radius 1 is 1.21 bits per heavy atom. The Kier molecular flexibility index (Phi) is 2.85. The summed E-state index contributed by atoms with van der Waals surface area (Å²) in [6.07, 6.45) is 0.337. The number of hydrogen-bond donors (Lipinski definition) is 2. The van der Waals surface area contributed by atoms with Gasteiger partial charge in [0.25, 0.3) is 0 Å². The largest absolute Gasteiger partial charge is 0.297 e. The van der Waals surface area contributed by atoms with Crippen molar-refractivity contribution in [1.29, 1.82) is 0 Å². The van der Waals surface area contributed by atoms with E-state index in [4.69, 9.17) is 0 Å². The van der Waals surface area contributed by atoms with E-state index in [9.17, 15) is 0 Å². The van der Waals surface area contributed by atoms with Crippen LogP contribution < -0.4 is 10.6 Å². The van der Waals surface area contributed by atoms with Crippen molar-refractivity contribution in [2.24, 2.45) is 5.92 Å². The molecule has 2 heteroatoms. The standard InChI is InChI=1S/C12H18N2/c1-9(2)11-8-13-12(14-11)10-6-4-3-5-7-10/h3-7,9,11-14H,8H2,1-2H3. The van der Waals surface area contributed by atoms with Crippen LogP contribution in [0.1, 0.15) is 25.6 Å². The van der Waals surface area contributed by atoms with E-state index in [1.165, 1.54) is 5.56 Å². The van der Waals surface area contributed by atoms with Crippen LogP contribution in [0.3, 0.4) is 0 Å². The minimum Gasteiger partial charge on any atom is -0.297 e. The summed E-state index contributed by atoms with van der Waals surface area (Å²) in [6.45, 7) is 5.58. The van der Waals surface area contributed by atoms with Crippen molar-refractivity contribution in [2.45, 2.75) is 26.1 Å². The molecular formula is C12H18N2. The molecule has 1 aliphatic heterocycles. The molecule has 2 N–H and O–H groups in total.